The molecule has 0 aliphatic heterocycles. The van der Waals surface area contributed by atoms with E-state index in [1.54, 1.807) is 34.9 Å². The number of amides is 2. The lowest BCUT2D eigenvalue weighted by atomic mass is 9.94. The molecular weight excluding hydrogens is 650 g/mol. The Labute approximate surface area is 305 Å². The Morgan fingerprint density at radius 1 is 0.647 bits per heavy atom. The summed E-state index contributed by atoms with van der Waals surface area (Å²) in [6.45, 7) is 17.3. The topological polar surface area (TPSA) is 135 Å². The van der Waals surface area contributed by atoms with Gasteiger partial charge in [-0.2, -0.15) is 0 Å². The molecule has 0 heterocycles. The number of rotatable bonds is 16. The Balaban J connectivity index is 2.08. The van der Waals surface area contributed by atoms with Crippen molar-refractivity contribution < 1.29 is 38.5 Å². The zero-order valence-corrected chi connectivity index (χ0v) is 32.6. The van der Waals surface area contributed by atoms with E-state index in [0.717, 1.165) is 22.5 Å². The molecule has 0 bridgehead atoms. The smallest absolute Gasteiger partial charge is 0.410 e. The van der Waals surface area contributed by atoms with Gasteiger partial charge in [0.2, 0.25) is 0 Å². The fourth-order valence-electron chi connectivity index (χ4n) is 5.30. The molecule has 0 fully saturated rings. The molecule has 0 aliphatic rings. The fraction of sp³-hybridized carbons (Fsp3) is 0.600. The van der Waals surface area contributed by atoms with Crippen LogP contribution in [0.3, 0.4) is 0 Å². The van der Waals surface area contributed by atoms with Crippen LogP contribution in [0, 0.1) is 11.8 Å². The molecule has 0 aliphatic carbocycles. The highest BCUT2D eigenvalue weighted by atomic mass is 16.6. The molecule has 0 spiro atoms. The maximum absolute atomic E-state index is 13.3. The molecular formula is C40H61N3O8. The first-order valence-electron chi connectivity index (χ1n) is 17.8. The average Bonchev–Trinajstić information content (AvgIpc) is 2.97. The molecule has 2 atom stereocenters. The highest BCUT2D eigenvalue weighted by molar-refractivity contribution is 5.74. The molecule has 0 saturated heterocycles. The van der Waals surface area contributed by atoms with Gasteiger partial charge in [0.25, 0.3) is 0 Å². The minimum Gasteiger partial charge on any atom is -0.481 e. The second-order valence-corrected chi connectivity index (χ2v) is 16.3. The van der Waals surface area contributed by atoms with Crippen molar-refractivity contribution in [3.05, 3.63) is 59.7 Å². The molecule has 2 unspecified atom stereocenters. The van der Waals surface area contributed by atoms with Gasteiger partial charge in [-0.25, -0.2) is 9.59 Å². The van der Waals surface area contributed by atoms with Crippen LogP contribution in [-0.2, 0) is 36.6 Å². The lowest BCUT2D eigenvalue weighted by molar-refractivity contribution is -0.160. The molecule has 11 nitrogen and oxygen atoms in total. The van der Waals surface area contributed by atoms with E-state index in [1.165, 1.54) is 9.80 Å². The Morgan fingerprint density at radius 2 is 1.04 bits per heavy atom. The van der Waals surface area contributed by atoms with Crippen molar-refractivity contribution in [1.82, 2.24) is 9.80 Å². The van der Waals surface area contributed by atoms with Crippen LogP contribution in [-0.4, -0.2) is 83.0 Å². The third kappa shape index (κ3) is 17.5. The highest BCUT2D eigenvalue weighted by Gasteiger charge is 2.27. The maximum atomic E-state index is 13.3. The quantitative estimate of drug-likeness (QED) is 0.130. The van der Waals surface area contributed by atoms with Crippen molar-refractivity contribution in [2.24, 2.45) is 11.8 Å². The highest BCUT2D eigenvalue weighted by Crippen LogP contribution is 2.25. The summed E-state index contributed by atoms with van der Waals surface area (Å²) in [5.74, 6) is -2.17. The van der Waals surface area contributed by atoms with Crippen LogP contribution in [0.4, 0.5) is 21.0 Å². The van der Waals surface area contributed by atoms with Crippen molar-refractivity contribution in [2.75, 3.05) is 32.5 Å². The third-order valence-corrected chi connectivity index (χ3v) is 7.70. The number of carboxylic acids is 1. The Hall–Kier alpha value is -4.28. The fourth-order valence-corrected chi connectivity index (χ4v) is 5.30. The van der Waals surface area contributed by atoms with Crippen molar-refractivity contribution >= 4 is 35.5 Å². The number of anilines is 2. The van der Waals surface area contributed by atoms with Gasteiger partial charge in [0, 0.05) is 38.6 Å². The van der Waals surface area contributed by atoms with Crippen molar-refractivity contribution in [1.29, 1.82) is 0 Å². The average molecular weight is 712 g/mol. The lowest BCUT2D eigenvalue weighted by Crippen LogP contribution is -2.35. The summed E-state index contributed by atoms with van der Waals surface area (Å²) >= 11 is 0. The summed E-state index contributed by atoms with van der Waals surface area (Å²) in [4.78, 5) is 53.1. The van der Waals surface area contributed by atoms with Gasteiger partial charge in [-0.1, -0.05) is 24.3 Å². The number of nitrogens with one attached hydrogen (secondary N) is 1. The first-order valence-corrected chi connectivity index (χ1v) is 17.8. The minimum absolute atomic E-state index is 0.280. The van der Waals surface area contributed by atoms with Crippen LogP contribution in [0.2, 0.25) is 0 Å². The van der Waals surface area contributed by atoms with Crippen LogP contribution in [0.15, 0.2) is 48.5 Å². The standard InChI is InChI=1S/C40H61N3O8/c1-38(2,3)49-35(46)31(19-15-23-43(11)37(48)51-40(7,8)9)25-29-17-13-21-33(27-29)41-32-20-12-16-28(26-32)24-30(34(44)45)18-14-22-42(10)36(47)50-39(4,5)6/h12-13,16-17,20-21,26-27,30-31,41H,14-15,18-19,22-25H2,1-11H3,(H,44,45). The van der Waals surface area contributed by atoms with E-state index in [4.69, 9.17) is 14.2 Å². The lowest BCUT2D eigenvalue weighted by Gasteiger charge is -2.26. The van der Waals surface area contributed by atoms with Crippen LogP contribution in [0.25, 0.3) is 0 Å². The monoisotopic (exact) mass is 711 g/mol. The Kier molecular flexibility index (Phi) is 15.8. The predicted molar refractivity (Wildman–Crippen MR) is 200 cm³/mol. The number of carbonyl (C=O) groups excluding carboxylic acids is 3. The summed E-state index contributed by atoms with van der Waals surface area (Å²) in [5.41, 5.74) is 1.66. The van der Waals surface area contributed by atoms with E-state index in [-0.39, 0.29) is 5.97 Å². The van der Waals surface area contributed by atoms with E-state index in [0.29, 0.717) is 51.6 Å². The molecule has 2 aromatic carbocycles. The van der Waals surface area contributed by atoms with Gasteiger partial charge in [0.15, 0.2) is 0 Å². The summed E-state index contributed by atoms with van der Waals surface area (Å²) in [6, 6.07) is 15.5. The number of benzene rings is 2. The number of hydrogen-bond acceptors (Lipinski definition) is 8. The number of esters is 1. The van der Waals surface area contributed by atoms with E-state index < -0.39 is 46.8 Å². The van der Waals surface area contributed by atoms with E-state index in [9.17, 15) is 24.3 Å². The third-order valence-electron chi connectivity index (χ3n) is 7.70. The Morgan fingerprint density at radius 3 is 1.43 bits per heavy atom. The van der Waals surface area contributed by atoms with Crippen molar-refractivity contribution in [2.45, 2.75) is 118 Å². The largest absolute Gasteiger partial charge is 0.481 e. The van der Waals surface area contributed by atoms with E-state index in [2.05, 4.69) is 5.32 Å². The number of ether oxygens (including phenoxy) is 3. The summed E-state index contributed by atoms with van der Waals surface area (Å²) in [7, 11) is 3.34. The number of nitrogens with zero attached hydrogens (tertiary/aromatic N) is 2. The zero-order valence-electron chi connectivity index (χ0n) is 32.6. The summed E-state index contributed by atoms with van der Waals surface area (Å²) in [6.07, 6.45) is 2.06. The van der Waals surface area contributed by atoms with Crippen molar-refractivity contribution in [3.63, 3.8) is 0 Å². The van der Waals surface area contributed by atoms with Crippen molar-refractivity contribution in [3.8, 4) is 0 Å². The molecule has 0 saturated carbocycles. The second kappa shape index (κ2) is 18.8. The van der Waals surface area contributed by atoms with E-state index in [1.807, 2.05) is 90.1 Å². The van der Waals surface area contributed by atoms with Gasteiger partial charge in [-0.3, -0.25) is 9.59 Å². The molecule has 2 N–H and O–H groups in total. The van der Waals surface area contributed by atoms with Crippen LogP contribution >= 0.6 is 0 Å². The van der Waals surface area contributed by atoms with E-state index >= 15 is 0 Å². The summed E-state index contributed by atoms with van der Waals surface area (Å²) in [5, 5.41) is 13.4. The molecule has 11 heteroatoms. The van der Waals surface area contributed by atoms with Gasteiger partial charge in [-0.15, -0.1) is 0 Å². The second-order valence-electron chi connectivity index (χ2n) is 16.3. The number of carboxylic acid groups (broad SMARTS) is 1. The Bertz CT molecular complexity index is 1450. The predicted octanol–water partition coefficient (Wildman–Crippen LogP) is 8.47. The van der Waals surface area contributed by atoms with Crippen LogP contribution < -0.4 is 5.32 Å². The van der Waals surface area contributed by atoms with Crippen LogP contribution in [0.1, 0.15) is 99.1 Å². The minimum atomic E-state index is -0.878. The molecule has 284 valence electrons. The first-order chi connectivity index (χ1) is 23.5. The molecule has 2 amide bonds. The number of hydrogen-bond donors (Lipinski definition) is 2. The van der Waals surface area contributed by atoms with Gasteiger partial charge >= 0.3 is 24.1 Å². The molecule has 2 rings (SSSR count). The zero-order chi connectivity index (χ0) is 38.6. The first kappa shape index (κ1) is 42.9. The SMILES string of the molecule is CN(CCCC(Cc1cccc(Nc2cccc(CC(CCCN(C)C(=O)OC(C)(C)C)C(=O)OC(C)(C)C)c2)c1)C(=O)O)C(=O)OC(C)(C)C. The van der Waals surface area contributed by atoms with Gasteiger partial charge in [0.1, 0.15) is 16.8 Å². The number of aliphatic carboxylic acids is 1. The molecule has 0 aromatic heterocycles. The summed E-state index contributed by atoms with van der Waals surface area (Å²) < 4.78 is 16.6. The normalized spacial score (nSPS) is 13.1. The molecule has 2 aromatic rings. The van der Waals surface area contributed by atoms with Gasteiger partial charge < -0.3 is 34.4 Å². The number of carbonyl (C=O) groups is 4. The van der Waals surface area contributed by atoms with Crippen LogP contribution in [0.5, 0.6) is 0 Å². The van der Waals surface area contributed by atoms with Gasteiger partial charge in [0.05, 0.1) is 11.8 Å². The maximum Gasteiger partial charge on any atom is 0.410 e. The van der Waals surface area contributed by atoms with Gasteiger partial charge in [-0.05, 0) is 136 Å². The molecule has 0 radical (unpaired) electrons. The molecule has 51 heavy (non-hydrogen) atoms.